The van der Waals surface area contributed by atoms with E-state index < -0.39 is 19.4 Å². The van der Waals surface area contributed by atoms with Gasteiger partial charge in [0.1, 0.15) is 0 Å². The third-order valence-corrected chi connectivity index (χ3v) is 10.3. The van der Waals surface area contributed by atoms with Crippen molar-refractivity contribution in [1.82, 2.24) is 0 Å². The van der Waals surface area contributed by atoms with Crippen LogP contribution >= 0.6 is 17.0 Å². The zero-order valence-corrected chi connectivity index (χ0v) is 19.3. The molecular weight excluding hydrogens is 430 g/mol. The third-order valence-electron chi connectivity index (χ3n) is 4.78. The molecule has 0 saturated carbocycles. The Morgan fingerprint density at radius 2 is 1.72 bits per heavy atom. The monoisotopic (exact) mass is 451 g/mol. The molecule has 2 aromatic carbocycles. The number of allylic oxidation sites excluding steroid dienone is 1. The van der Waals surface area contributed by atoms with Gasteiger partial charge in [-0.25, -0.2) is 0 Å². The first kappa shape index (κ1) is 19.2. The molecule has 0 spiro atoms. The molecule has 0 heterocycles. The number of halogens is 2. The standard InChI is InChI=1S/C21H23O.2ClH.Zr/c1-14-11-16-13-18(21(2,3)4)20(22-5)19(17(16)12-14)15-9-7-6-8-10-15;;;/h6-13H,1-5H3;2*1H;/q;;;+2/p-2. The van der Waals surface area contributed by atoms with E-state index in [1.807, 2.05) is 6.07 Å². The molecule has 131 valence electrons. The molecule has 1 atom stereocenters. The van der Waals surface area contributed by atoms with Crippen LogP contribution in [-0.4, -0.2) is 7.11 Å². The molecule has 0 amide bonds. The van der Waals surface area contributed by atoms with Crippen LogP contribution in [0.4, 0.5) is 0 Å². The molecule has 2 aromatic rings. The van der Waals surface area contributed by atoms with Crippen molar-refractivity contribution in [3.63, 3.8) is 0 Å². The van der Waals surface area contributed by atoms with E-state index in [0.717, 1.165) is 11.3 Å². The van der Waals surface area contributed by atoms with Crippen molar-refractivity contribution in [2.24, 2.45) is 0 Å². The summed E-state index contributed by atoms with van der Waals surface area (Å²) >= 11 is -2.49. The third kappa shape index (κ3) is 3.51. The SMILES string of the molecule is COc1c(C(C)(C)C)cc2c(c1-c1ccccc1)C=C(C)[CH]2[Zr]([Cl])[Cl]. The van der Waals surface area contributed by atoms with Crippen molar-refractivity contribution in [2.75, 3.05) is 7.11 Å². The fraction of sp³-hybridized carbons (Fsp3) is 0.333. The molecule has 0 aliphatic heterocycles. The van der Waals surface area contributed by atoms with Gasteiger partial charge in [0, 0.05) is 0 Å². The van der Waals surface area contributed by atoms with Crippen LogP contribution in [0, 0.1) is 0 Å². The Morgan fingerprint density at radius 3 is 2.24 bits per heavy atom. The maximum atomic E-state index is 6.54. The van der Waals surface area contributed by atoms with Crippen molar-refractivity contribution >= 4 is 23.1 Å². The van der Waals surface area contributed by atoms with Crippen LogP contribution in [0.15, 0.2) is 42.0 Å². The molecule has 3 rings (SSSR count). The second-order valence-electron chi connectivity index (χ2n) is 7.56. The van der Waals surface area contributed by atoms with Crippen LogP contribution in [0.3, 0.4) is 0 Å². The molecule has 4 heteroatoms. The van der Waals surface area contributed by atoms with E-state index in [-0.39, 0.29) is 9.04 Å². The molecule has 0 N–H and O–H groups in total. The number of rotatable bonds is 3. The molecular formula is C21H23Cl2OZr. The van der Waals surface area contributed by atoms with E-state index in [0.29, 0.717) is 0 Å². The van der Waals surface area contributed by atoms with Crippen molar-refractivity contribution in [3.05, 3.63) is 58.7 Å². The summed E-state index contributed by atoms with van der Waals surface area (Å²) in [7, 11) is 14.8. The van der Waals surface area contributed by atoms with Crippen molar-refractivity contribution in [1.29, 1.82) is 0 Å². The van der Waals surface area contributed by atoms with Gasteiger partial charge < -0.3 is 0 Å². The summed E-state index contributed by atoms with van der Waals surface area (Å²) in [5.41, 5.74) is 7.27. The van der Waals surface area contributed by atoms with Crippen LogP contribution in [0.2, 0.25) is 0 Å². The topological polar surface area (TPSA) is 9.23 Å². The zero-order chi connectivity index (χ0) is 18.4. The molecule has 0 bridgehead atoms. The van der Waals surface area contributed by atoms with Gasteiger partial charge in [0.15, 0.2) is 0 Å². The molecule has 0 fully saturated rings. The number of methoxy groups -OCH3 is 1. The van der Waals surface area contributed by atoms with Gasteiger partial charge in [-0.2, -0.15) is 0 Å². The summed E-state index contributed by atoms with van der Waals surface area (Å²) in [6.07, 6.45) is 2.25. The number of fused-ring (bicyclic) bond motifs is 1. The summed E-state index contributed by atoms with van der Waals surface area (Å²) in [6.45, 7) is 8.81. The summed E-state index contributed by atoms with van der Waals surface area (Å²) in [6, 6.07) is 12.7. The van der Waals surface area contributed by atoms with Crippen molar-refractivity contribution in [3.8, 4) is 16.9 Å². The minimum atomic E-state index is -2.49. The van der Waals surface area contributed by atoms with Crippen LogP contribution in [0.5, 0.6) is 5.75 Å². The Morgan fingerprint density at radius 1 is 1.08 bits per heavy atom. The maximum absolute atomic E-state index is 6.54. The summed E-state index contributed by atoms with van der Waals surface area (Å²) in [4.78, 5) is 0. The number of benzene rings is 2. The predicted octanol–water partition coefficient (Wildman–Crippen LogP) is 7.04. The Bertz CT molecular complexity index is 820. The van der Waals surface area contributed by atoms with Gasteiger partial charge in [-0.05, 0) is 0 Å². The van der Waals surface area contributed by atoms with Gasteiger partial charge in [0.25, 0.3) is 0 Å². The van der Waals surface area contributed by atoms with E-state index in [2.05, 4.69) is 64.1 Å². The zero-order valence-electron chi connectivity index (χ0n) is 15.3. The predicted molar refractivity (Wildman–Crippen MR) is 105 cm³/mol. The first-order valence-electron chi connectivity index (χ1n) is 8.42. The number of hydrogen-bond acceptors (Lipinski definition) is 1. The van der Waals surface area contributed by atoms with Crippen molar-refractivity contribution in [2.45, 2.75) is 36.7 Å². The number of hydrogen-bond donors (Lipinski definition) is 0. The van der Waals surface area contributed by atoms with Gasteiger partial charge >= 0.3 is 167 Å². The first-order chi connectivity index (χ1) is 11.8. The van der Waals surface area contributed by atoms with Crippen molar-refractivity contribution < 1.29 is 24.1 Å². The van der Waals surface area contributed by atoms with E-state index in [4.69, 9.17) is 21.8 Å². The fourth-order valence-corrected chi connectivity index (χ4v) is 9.24. The first-order valence-corrected chi connectivity index (χ1v) is 16.2. The molecule has 1 aliphatic carbocycles. The summed E-state index contributed by atoms with van der Waals surface area (Å²) < 4.78 is 6.15. The van der Waals surface area contributed by atoms with Gasteiger partial charge in [-0.1, -0.05) is 0 Å². The molecule has 0 saturated heterocycles. The van der Waals surface area contributed by atoms with Crippen LogP contribution in [0.1, 0.15) is 48.0 Å². The Hall–Kier alpha value is -0.557. The van der Waals surface area contributed by atoms with Crippen LogP contribution in [0.25, 0.3) is 17.2 Å². The second kappa shape index (κ2) is 7.22. The van der Waals surface area contributed by atoms with Crippen LogP contribution in [-0.2, 0) is 24.8 Å². The molecule has 1 unspecified atom stereocenters. The van der Waals surface area contributed by atoms with Gasteiger partial charge in [-0.15, -0.1) is 0 Å². The molecule has 0 radical (unpaired) electrons. The summed E-state index contributed by atoms with van der Waals surface area (Å²) in [5.74, 6) is 0.955. The van der Waals surface area contributed by atoms with E-state index in [1.54, 1.807) is 7.11 Å². The van der Waals surface area contributed by atoms with E-state index in [9.17, 15) is 0 Å². The Balaban J connectivity index is 2.40. The molecule has 1 aliphatic rings. The fourth-order valence-electron chi connectivity index (χ4n) is 3.60. The van der Waals surface area contributed by atoms with Crippen LogP contribution < -0.4 is 4.74 Å². The Labute approximate surface area is 165 Å². The Kier molecular flexibility index (Phi) is 5.55. The quantitative estimate of drug-likeness (QED) is 0.484. The van der Waals surface area contributed by atoms with Gasteiger partial charge in [0.2, 0.25) is 0 Å². The minimum absolute atomic E-state index is 0.0346. The van der Waals surface area contributed by atoms with E-state index >= 15 is 0 Å². The number of ether oxygens (including phenoxy) is 1. The second-order valence-corrected chi connectivity index (χ2v) is 16.4. The average Bonchev–Trinajstić information content (AvgIpc) is 2.88. The molecule has 25 heavy (non-hydrogen) atoms. The average molecular weight is 454 g/mol. The normalized spacial score (nSPS) is 16.4. The molecule has 1 nitrogen and oxygen atoms in total. The molecule has 0 aromatic heterocycles. The van der Waals surface area contributed by atoms with Gasteiger partial charge in [-0.3, -0.25) is 0 Å². The summed E-state index contributed by atoms with van der Waals surface area (Å²) in [5, 5.41) is 0. The van der Waals surface area contributed by atoms with Gasteiger partial charge in [0.05, 0.1) is 0 Å². The van der Waals surface area contributed by atoms with E-state index in [1.165, 1.54) is 27.8 Å².